The molecule has 1 heteroatoms. The molecule has 1 aromatic carbocycles. The molecule has 102 valence electrons. The third-order valence-electron chi connectivity index (χ3n) is 3.22. The molecule has 0 aliphatic carbocycles. The standard InChI is InChI=1S/C17H29N/c1-6-8-16(13-18-17(3,4)5)12-15-10-7-9-14(2)11-15/h7,9-11,16,18H,6,8,12-13H2,1-5H3. The maximum atomic E-state index is 3.64. The van der Waals surface area contributed by atoms with E-state index < -0.39 is 0 Å². The molecule has 0 radical (unpaired) electrons. The molecule has 1 aromatic rings. The van der Waals surface area contributed by atoms with Crippen molar-refractivity contribution >= 4 is 0 Å². The summed E-state index contributed by atoms with van der Waals surface area (Å²) in [7, 11) is 0. The van der Waals surface area contributed by atoms with Crippen LogP contribution in [0.4, 0.5) is 0 Å². The summed E-state index contributed by atoms with van der Waals surface area (Å²) in [5, 5.41) is 3.64. The number of hydrogen-bond acceptors (Lipinski definition) is 1. The average Bonchev–Trinajstić information content (AvgIpc) is 2.25. The Labute approximate surface area is 113 Å². The van der Waals surface area contributed by atoms with Crippen LogP contribution in [0.25, 0.3) is 0 Å². The van der Waals surface area contributed by atoms with E-state index in [1.165, 1.54) is 30.4 Å². The summed E-state index contributed by atoms with van der Waals surface area (Å²) in [5.74, 6) is 0.746. The number of nitrogens with one attached hydrogen (secondary N) is 1. The van der Waals surface area contributed by atoms with Crippen LogP contribution in [0.1, 0.15) is 51.7 Å². The molecule has 18 heavy (non-hydrogen) atoms. The number of benzene rings is 1. The second-order valence-corrected chi connectivity index (χ2v) is 6.48. The van der Waals surface area contributed by atoms with Crippen LogP contribution in [-0.4, -0.2) is 12.1 Å². The van der Waals surface area contributed by atoms with Crippen molar-refractivity contribution in [3.05, 3.63) is 35.4 Å². The number of aryl methyl sites for hydroxylation is 1. The third-order valence-corrected chi connectivity index (χ3v) is 3.22. The highest BCUT2D eigenvalue weighted by atomic mass is 14.9. The SMILES string of the molecule is CCCC(CNC(C)(C)C)Cc1cccc(C)c1. The van der Waals surface area contributed by atoms with Gasteiger partial charge in [0.15, 0.2) is 0 Å². The molecule has 0 aromatic heterocycles. The van der Waals surface area contributed by atoms with Crippen LogP contribution >= 0.6 is 0 Å². The molecule has 1 N–H and O–H groups in total. The zero-order valence-electron chi connectivity index (χ0n) is 12.7. The number of hydrogen-bond donors (Lipinski definition) is 1. The Balaban J connectivity index is 2.57. The highest BCUT2D eigenvalue weighted by Crippen LogP contribution is 2.16. The molecule has 1 atom stereocenters. The lowest BCUT2D eigenvalue weighted by atomic mass is 9.93. The molecular formula is C17H29N. The summed E-state index contributed by atoms with van der Waals surface area (Å²) < 4.78 is 0. The average molecular weight is 247 g/mol. The third kappa shape index (κ3) is 6.20. The summed E-state index contributed by atoms with van der Waals surface area (Å²) in [4.78, 5) is 0. The molecule has 0 amide bonds. The first kappa shape index (κ1) is 15.2. The van der Waals surface area contributed by atoms with Crippen molar-refractivity contribution in [2.45, 2.75) is 59.4 Å². The Morgan fingerprint density at radius 1 is 1.22 bits per heavy atom. The normalized spacial score (nSPS) is 13.6. The maximum absolute atomic E-state index is 3.64. The van der Waals surface area contributed by atoms with Gasteiger partial charge in [0.05, 0.1) is 0 Å². The summed E-state index contributed by atoms with van der Waals surface area (Å²) in [6, 6.07) is 8.92. The van der Waals surface area contributed by atoms with Crippen molar-refractivity contribution < 1.29 is 0 Å². The van der Waals surface area contributed by atoms with Gasteiger partial charge in [0.25, 0.3) is 0 Å². The van der Waals surface area contributed by atoms with E-state index in [1.807, 2.05) is 0 Å². The van der Waals surface area contributed by atoms with E-state index in [4.69, 9.17) is 0 Å². The highest BCUT2D eigenvalue weighted by Gasteiger charge is 2.14. The van der Waals surface area contributed by atoms with Gasteiger partial charge in [-0.2, -0.15) is 0 Å². The summed E-state index contributed by atoms with van der Waals surface area (Å²) >= 11 is 0. The Hall–Kier alpha value is -0.820. The van der Waals surface area contributed by atoms with Gasteiger partial charge in [-0.05, 0) is 58.6 Å². The first-order valence-electron chi connectivity index (χ1n) is 7.21. The van der Waals surface area contributed by atoms with Crippen LogP contribution < -0.4 is 5.32 Å². The highest BCUT2D eigenvalue weighted by molar-refractivity contribution is 5.22. The summed E-state index contributed by atoms with van der Waals surface area (Å²) in [6.07, 6.45) is 3.76. The van der Waals surface area contributed by atoms with Gasteiger partial charge in [-0.15, -0.1) is 0 Å². The number of rotatable bonds is 6. The minimum atomic E-state index is 0.221. The Kier molecular flexibility index (Phi) is 5.87. The Morgan fingerprint density at radius 3 is 2.50 bits per heavy atom. The summed E-state index contributed by atoms with van der Waals surface area (Å²) in [5.41, 5.74) is 3.06. The lowest BCUT2D eigenvalue weighted by Gasteiger charge is -2.25. The molecule has 0 heterocycles. The van der Waals surface area contributed by atoms with Gasteiger partial charge in [0, 0.05) is 5.54 Å². The van der Waals surface area contributed by atoms with Gasteiger partial charge in [-0.3, -0.25) is 0 Å². The molecule has 0 saturated heterocycles. The predicted molar refractivity (Wildman–Crippen MR) is 81.0 cm³/mol. The first-order valence-corrected chi connectivity index (χ1v) is 7.21. The van der Waals surface area contributed by atoms with E-state index in [0.717, 1.165) is 12.5 Å². The Bertz CT molecular complexity index is 349. The van der Waals surface area contributed by atoms with E-state index in [1.54, 1.807) is 0 Å². The van der Waals surface area contributed by atoms with Gasteiger partial charge >= 0.3 is 0 Å². The molecule has 0 saturated carbocycles. The molecular weight excluding hydrogens is 218 g/mol. The fraction of sp³-hybridized carbons (Fsp3) is 0.647. The second-order valence-electron chi connectivity index (χ2n) is 6.48. The minimum absolute atomic E-state index is 0.221. The zero-order chi connectivity index (χ0) is 13.6. The molecule has 0 fully saturated rings. The van der Waals surface area contributed by atoms with Crippen molar-refractivity contribution in [3.63, 3.8) is 0 Å². The van der Waals surface area contributed by atoms with Crippen molar-refractivity contribution in [1.82, 2.24) is 5.32 Å². The van der Waals surface area contributed by atoms with Crippen molar-refractivity contribution in [3.8, 4) is 0 Å². The lowest BCUT2D eigenvalue weighted by molar-refractivity contribution is 0.355. The van der Waals surface area contributed by atoms with Crippen molar-refractivity contribution in [1.29, 1.82) is 0 Å². The first-order chi connectivity index (χ1) is 8.40. The van der Waals surface area contributed by atoms with E-state index in [0.29, 0.717) is 0 Å². The molecule has 1 nitrogen and oxygen atoms in total. The predicted octanol–water partition coefficient (Wildman–Crippen LogP) is 4.34. The maximum Gasteiger partial charge on any atom is 0.00966 e. The van der Waals surface area contributed by atoms with E-state index in [9.17, 15) is 0 Å². The monoisotopic (exact) mass is 247 g/mol. The largest absolute Gasteiger partial charge is 0.312 e. The van der Waals surface area contributed by atoms with Crippen LogP contribution in [0.15, 0.2) is 24.3 Å². The molecule has 0 spiro atoms. The molecule has 1 rings (SSSR count). The van der Waals surface area contributed by atoms with Crippen molar-refractivity contribution in [2.75, 3.05) is 6.54 Å². The van der Waals surface area contributed by atoms with Crippen molar-refractivity contribution in [2.24, 2.45) is 5.92 Å². The second kappa shape index (κ2) is 6.94. The van der Waals surface area contributed by atoms with E-state index in [2.05, 4.69) is 64.2 Å². The van der Waals surface area contributed by atoms with Gasteiger partial charge in [-0.25, -0.2) is 0 Å². The van der Waals surface area contributed by atoms with Gasteiger partial charge in [-0.1, -0.05) is 43.2 Å². The van der Waals surface area contributed by atoms with E-state index in [-0.39, 0.29) is 5.54 Å². The van der Waals surface area contributed by atoms with Gasteiger partial charge in [0.1, 0.15) is 0 Å². The molecule has 0 aliphatic rings. The molecule has 1 unspecified atom stereocenters. The fourth-order valence-electron chi connectivity index (χ4n) is 2.31. The molecule has 0 aliphatic heterocycles. The molecule has 0 bridgehead atoms. The van der Waals surface area contributed by atoms with Crippen LogP contribution in [0.3, 0.4) is 0 Å². The van der Waals surface area contributed by atoms with Gasteiger partial charge in [0.2, 0.25) is 0 Å². The fourth-order valence-corrected chi connectivity index (χ4v) is 2.31. The quantitative estimate of drug-likeness (QED) is 0.788. The topological polar surface area (TPSA) is 12.0 Å². The minimum Gasteiger partial charge on any atom is -0.312 e. The van der Waals surface area contributed by atoms with Crippen LogP contribution in [0, 0.1) is 12.8 Å². The van der Waals surface area contributed by atoms with Crippen LogP contribution in [-0.2, 0) is 6.42 Å². The summed E-state index contributed by atoms with van der Waals surface area (Å²) in [6.45, 7) is 12.3. The van der Waals surface area contributed by atoms with Gasteiger partial charge < -0.3 is 5.32 Å². The van der Waals surface area contributed by atoms with E-state index >= 15 is 0 Å². The van der Waals surface area contributed by atoms with Crippen LogP contribution in [0.5, 0.6) is 0 Å². The lowest BCUT2D eigenvalue weighted by Crippen LogP contribution is -2.39. The van der Waals surface area contributed by atoms with Crippen LogP contribution in [0.2, 0.25) is 0 Å². The zero-order valence-corrected chi connectivity index (χ0v) is 12.7. The Morgan fingerprint density at radius 2 is 1.94 bits per heavy atom. The smallest absolute Gasteiger partial charge is 0.00966 e.